The van der Waals surface area contributed by atoms with Crippen LogP contribution in [0.25, 0.3) is 0 Å². The lowest BCUT2D eigenvalue weighted by Gasteiger charge is -2.05. The molecule has 2 N–H and O–H groups in total. The Morgan fingerprint density at radius 1 is 1.14 bits per heavy atom. The topological polar surface area (TPSA) is 74.0 Å². The summed E-state index contributed by atoms with van der Waals surface area (Å²) in [5.74, 6) is -1.02. The fraction of sp³-hybridized carbons (Fsp3) is 0. The van der Waals surface area contributed by atoms with E-state index in [4.69, 9.17) is 5.21 Å². The van der Waals surface area contributed by atoms with Crippen molar-refractivity contribution < 1.29 is 14.4 Å². The van der Waals surface area contributed by atoms with Crippen LogP contribution >= 0.6 is 15.9 Å². The highest BCUT2D eigenvalue weighted by Gasteiger charge is 2.11. The Bertz CT molecular complexity index is 747. The lowest BCUT2D eigenvalue weighted by Crippen LogP contribution is -2.21. The van der Waals surface area contributed by atoms with Crippen LogP contribution in [0.15, 0.2) is 63.3 Å². The number of nitrogens with zero attached hydrogens (tertiary/aromatic N) is 2. The van der Waals surface area contributed by atoms with E-state index in [0.717, 1.165) is 6.21 Å². The highest BCUT2D eigenvalue weighted by molar-refractivity contribution is 9.10. The summed E-state index contributed by atoms with van der Waals surface area (Å²) >= 11 is 3.26. The second-order valence-corrected chi connectivity index (χ2v) is 5.00. The zero-order chi connectivity index (χ0) is 15.9. The monoisotopic (exact) mass is 363 g/mol. The van der Waals surface area contributed by atoms with Gasteiger partial charge in [0.2, 0.25) is 0 Å². The van der Waals surface area contributed by atoms with Crippen LogP contribution in [0.3, 0.4) is 0 Å². The lowest BCUT2D eigenvalue weighted by atomic mass is 10.1. The first-order chi connectivity index (χ1) is 10.6. The van der Waals surface area contributed by atoms with Gasteiger partial charge in [-0.3, -0.25) is 4.79 Å². The Morgan fingerprint density at radius 3 is 2.41 bits per heavy atom. The van der Waals surface area contributed by atoms with Crippen LogP contribution in [0.1, 0.15) is 15.9 Å². The van der Waals surface area contributed by atoms with Gasteiger partial charge < -0.3 is 5.21 Å². The third kappa shape index (κ3) is 3.76. The molecule has 0 heterocycles. The molecular weight excluding hydrogens is 353 g/mol. The second kappa shape index (κ2) is 7.46. The number of oxime groups is 1. The molecular formula is C15H11BrFN3O2. The fourth-order valence-electron chi connectivity index (χ4n) is 1.70. The largest absolute Gasteiger partial charge is 0.411 e. The number of hydrogen-bond acceptors (Lipinski definition) is 4. The maximum Gasteiger partial charge on any atom is 0.272 e. The van der Waals surface area contributed by atoms with Crippen LogP contribution < -0.4 is 5.43 Å². The fourth-order valence-corrected chi connectivity index (χ4v) is 2.16. The molecule has 7 heteroatoms. The van der Waals surface area contributed by atoms with E-state index in [-0.39, 0.29) is 11.3 Å². The quantitative estimate of drug-likeness (QED) is 0.497. The molecule has 0 atom stereocenters. The van der Waals surface area contributed by atoms with Gasteiger partial charge in [0.1, 0.15) is 11.5 Å². The third-order valence-electron chi connectivity index (χ3n) is 2.73. The van der Waals surface area contributed by atoms with Crippen molar-refractivity contribution in [1.29, 1.82) is 0 Å². The van der Waals surface area contributed by atoms with Crippen molar-refractivity contribution >= 4 is 33.8 Å². The molecule has 0 saturated carbocycles. The summed E-state index contributed by atoms with van der Waals surface area (Å²) < 4.78 is 14.3. The molecule has 0 aliphatic rings. The number of hydrazone groups is 1. The zero-order valence-electron chi connectivity index (χ0n) is 11.2. The van der Waals surface area contributed by atoms with Crippen LogP contribution in [0.2, 0.25) is 0 Å². The van der Waals surface area contributed by atoms with Gasteiger partial charge >= 0.3 is 0 Å². The van der Waals surface area contributed by atoms with Crippen molar-refractivity contribution in [2.75, 3.05) is 0 Å². The number of benzene rings is 2. The predicted molar refractivity (Wildman–Crippen MR) is 84.8 cm³/mol. The number of rotatable bonds is 4. The van der Waals surface area contributed by atoms with Crippen LogP contribution in [-0.2, 0) is 0 Å². The predicted octanol–water partition coefficient (Wildman–Crippen LogP) is 3.18. The van der Waals surface area contributed by atoms with Crippen LogP contribution in [-0.4, -0.2) is 23.0 Å². The number of amides is 1. The van der Waals surface area contributed by atoms with Crippen molar-refractivity contribution in [3.63, 3.8) is 0 Å². The van der Waals surface area contributed by atoms with Crippen LogP contribution in [0.5, 0.6) is 0 Å². The van der Waals surface area contributed by atoms with Crippen LogP contribution in [0, 0.1) is 5.82 Å². The molecule has 0 spiro atoms. The SMILES string of the molecule is O=C(NN=C(C=NO)c1ccccc1F)c1ccccc1Br. The number of halogens is 2. The van der Waals surface area contributed by atoms with Crippen molar-refractivity contribution in [2.45, 2.75) is 0 Å². The molecule has 2 rings (SSSR count). The average Bonchev–Trinajstić information content (AvgIpc) is 2.52. The first kappa shape index (κ1) is 15.8. The van der Waals surface area contributed by atoms with E-state index in [9.17, 15) is 9.18 Å². The Balaban J connectivity index is 2.27. The number of carbonyl (C=O) groups excluding carboxylic acids is 1. The van der Waals surface area contributed by atoms with Crippen molar-refractivity contribution in [2.24, 2.45) is 10.3 Å². The number of carbonyl (C=O) groups is 1. The molecule has 0 aliphatic heterocycles. The van der Waals surface area contributed by atoms with Gasteiger partial charge in [0.15, 0.2) is 0 Å². The second-order valence-electron chi connectivity index (χ2n) is 4.14. The van der Waals surface area contributed by atoms with E-state index in [2.05, 4.69) is 31.6 Å². The van der Waals surface area contributed by atoms with Crippen molar-refractivity contribution in [3.8, 4) is 0 Å². The highest BCUT2D eigenvalue weighted by atomic mass is 79.9. The molecule has 22 heavy (non-hydrogen) atoms. The zero-order valence-corrected chi connectivity index (χ0v) is 12.8. The molecule has 112 valence electrons. The molecule has 0 saturated heterocycles. The molecule has 0 radical (unpaired) electrons. The Hall–Kier alpha value is -2.54. The molecule has 1 amide bonds. The molecule has 0 aliphatic carbocycles. The Labute approximate surface area is 134 Å². The van der Waals surface area contributed by atoms with Gasteiger partial charge in [-0.1, -0.05) is 29.4 Å². The molecule has 0 unspecified atom stereocenters. The minimum Gasteiger partial charge on any atom is -0.411 e. The van der Waals surface area contributed by atoms with Crippen LogP contribution in [0.4, 0.5) is 4.39 Å². The molecule has 0 fully saturated rings. The van der Waals surface area contributed by atoms with Gasteiger partial charge in [0, 0.05) is 10.0 Å². The van der Waals surface area contributed by atoms with Gasteiger partial charge in [-0.25, -0.2) is 9.82 Å². The number of nitrogens with one attached hydrogen (secondary N) is 1. The highest BCUT2D eigenvalue weighted by Crippen LogP contribution is 2.15. The molecule has 5 nitrogen and oxygen atoms in total. The molecule has 0 bridgehead atoms. The van der Waals surface area contributed by atoms with E-state index in [1.807, 2.05) is 0 Å². The number of hydrogen-bond donors (Lipinski definition) is 2. The average molecular weight is 364 g/mol. The molecule has 2 aromatic carbocycles. The molecule has 2 aromatic rings. The maximum atomic E-state index is 13.7. The summed E-state index contributed by atoms with van der Waals surface area (Å²) in [4.78, 5) is 12.0. The summed E-state index contributed by atoms with van der Waals surface area (Å²) in [5, 5.41) is 15.3. The first-order valence-electron chi connectivity index (χ1n) is 6.18. The minimum absolute atomic E-state index is 0.0130. The van der Waals surface area contributed by atoms with Crippen molar-refractivity contribution in [1.82, 2.24) is 5.43 Å². The Morgan fingerprint density at radius 2 is 1.77 bits per heavy atom. The van der Waals surface area contributed by atoms with E-state index >= 15 is 0 Å². The standard InChI is InChI=1S/C15H11BrFN3O2/c16-12-7-3-1-5-10(12)15(21)20-19-14(9-18-22)11-6-2-4-8-13(11)17/h1-9,22H,(H,20,21). The van der Waals surface area contributed by atoms with E-state index in [1.54, 1.807) is 30.3 Å². The maximum absolute atomic E-state index is 13.7. The van der Waals surface area contributed by atoms with Gasteiger partial charge in [0.25, 0.3) is 5.91 Å². The van der Waals surface area contributed by atoms with Gasteiger partial charge in [-0.2, -0.15) is 5.10 Å². The summed E-state index contributed by atoms with van der Waals surface area (Å²) in [6, 6.07) is 12.6. The lowest BCUT2D eigenvalue weighted by molar-refractivity contribution is 0.0954. The van der Waals surface area contributed by atoms with Crippen molar-refractivity contribution in [3.05, 3.63) is 69.9 Å². The third-order valence-corrected chi connectivity index (χ3v) is 3.42. The van der Waals surface area contributed by atoms with Gasteiger partial charge in [0.05, 0.1) is 11.8 Å². The van der Waals surface area contributed by atoms with Gasteiger partial charge in [-0.15, -0.1) is 0 Å². The first-order valence-corrected chi connectivity index (χ1v) is 6.97. The summed E-state index contributed by atoms with van der Waals surface area (Å²) in [6.07, 6.45) is 0.943. The summed E-state index contributed by atoms with van der Waals surface area (Å²) in [6.45, 7) is 0. The minimum atomic E-state index is -0.545. The van der Waals surface area contributed by atoms with E-state index in [0.29, 0.717) is 10.0 Å². The van der Waals surface area contributed by atoms with E-state index in [1.165, 1.54) is 18.2 Å². The van der Waals surface area contributed by atoms with E-state index < -0.39 is 11.7 Å². The smallest absolute Gasteiger partial charge is 0.272 e. The summed E-state index contributed by atoms with van der Waals surface area (Å²) in [7, 11) is 0. The normalized spacial score (nSPS) is 11.6. The summed E-state index contributed by atoms with van der Waals surface area (Å²) in [5.41, 5.74) is 2.77. The van der Waals surface area contributed by atoms with Gasteiger partial charge in [-0.05, 0) is 40.2 Å². The Kier molecular flexibility index (Phi) is 5.37. The molecule has 0 aromatic heterocycles.